The number of ether oxygens (including phenoxy) is 2. The Morgan fingerprint density at radius 3 is 2.56 bits per heavy atom. The van der Waals surface area contributed by atoms with Crippen molar-refractivity contribution < 1.29 is 14.3 Å². The summed E-state index contributed by atoms with van der Waals surface area (Å²) in [5, 5.41) is 3.25. The molecule has 0 spiro atoms. The lowest BCUT2D eigenvalue weighted by Crippen LogP contribution is -2.20. The maximum atomic E-state index is 10.9. The lowest BCUT2D eigenvalue weighted by atomic mass is 10.1. The molecule has 0 aliphatic rings. The first-order valence-electron chi connectivity index (χ1n) is 5.90. The zero-order valence-electron chi connectivity index (χ0n) is 10.6. The second kappa shape index (κ2) is 8.63. The molecule has 0 aliphatic heterocycles. The van der Waals surface area contributed by atoms with Gasteiger partial charge in [0.15, 0.2) is 0 Å². The van der Waals surface area contributed by atoms with Crippen LogP contribution in [0.1, 0.15) is 15.9 Å². The minimum atomic E-state index is -0.402. The number of nitrogens with two attached hydrogens (primary N) is 1. The second-order valence-corrected chi connectivity index (χ2v) is 3.84. The number of amides is 1. The van der Waals surface area contributed by atoms with Gasteiger partial charge in [-0.25, -0.2) is 0 Å². The van der Waals surface area contributed by atoms with E-state index in [-0.39, 0.29) is 0 Å². The molecule has 0 saturated carbocycles. The molecule has 3 N–H and O–H groups in total. The predicted octanol–water partition coefficient (Wildman–Crippen LogP) is 0.538. The number of benzene rings is 1. The summed E-state index contributed by atoms with van der Waals surface area (Å²) in [6.45, 7) is 3.41. The molecule has 0 aromatic heterocycles. The highest BCUT2D eigenvalue weighted by molar-refractivity contribution is 5.92. The Morgan fingerprint density at radius 2 is 1.94 bits per heavy atom. The van der Waals surface area contributed by atoms with Crippen LogP contribution < -0.4 is 11.1 Å². The smallest absolute Gasteiger partial charge is 0.248 e. The van der Waals surface area contributed by atoms with E-state index in [0.717, 1.165) is 18.7 Å². The second-order valence-electron chi connectivity index (χ2n) is 3.84. The average Bonchev–Trinajstić information content (AvgIpc) is 2.38. The fraction of sp³-hybridized carbons (Fsp3) is 0.462. The van der Waals surface area contributed by atoms with Crippen LogP contribution in [0.4, 0.5) is 0 Å². The lowest BCUT2D eigenvalue weighted by Gasteiger charge is -2.06. The van der Waals surface area contributed by atoms with Gasteiger partial charge in [0.2, 0.25) is 5.91 Å². The van der Waals surface area contributed by atoms with Gasteiger partial charge in [-0.15, -0.1) is 0 Å². The van der Waals surface area contributed by atoms with Crippen molar-refractivity contribution in [2.75, 3.05) is 33.5 Å². The van der Waals surface area contributed by atoms with Crippen molar-refractivity contribution in [3.63, 3.8) is 0 Å². The first kappa shape index (κ1) is 14.6. The number of methoxy groups -OCH3 is 1. The van der Waals surface area contributed by atoms with Gasteiger partial charge >= 0.3 is 0 Å². The standard InChI is InChI=1S/C13H20N2O3/c1-17-8-9-18-7-6-15-10-11-2-4-12(5-3-11)13(14)16/h2-5,15H,6-10H2,1H3,(H2,14,16). The van der Waals surface area contributed by atoms with E-state index in [1.165, 1.54) is 0 Å². The molecule has 0 atom stereocenters. The molecular weight excluding hydrogens is 232 g/mol. The number of rotatable bonds is 9. The van der Waals surface area contributed by atoms with Gasteiger partial charge in [0.25, 0.3) is 0 Å². The molecule has 1 aromatic carbocycles. The minimum Gasteiger partial charge on any atom is -0.382 e. The molecule has 0 fully saturated rings. The molecule has 0 unspecified atom stereocenters. The quantitative estimate of drug-likeness (QED) is 0.629. The summed E-state index contributed by atoms with van der Waals surface area (Å²) in [5.74, 6) is -0.402. The number of carbonyl (C=O) groups is 1. The average molecular weight is 252 g/mol. The highest BCUT2D eigenvalue weighted by Gasteiger charge is 1.99. The number of carbonyl (C=O) groups excluding carboxylic acids is 1. The Morgan fingerprint density at radius 1 is 1.22 bits per heavy atom. The Bertz CT molecular complexity index is 352. The molecule has 0 bridgehead atoms. The number of hydrogen-bond donors (Lipinski definition) is 2. The van der Waals surface area contributed by atoms with Crippen LogP contribution in [-0.4, -0.2) is 39.4 Å². The maximum absolute atomic E-state index is 10.9. The van der Waals surface area contributed by atoms with Crippen LogP contribution >= 0.6 is 0 Å². The van der Waals surface area contributed by atoms with E-state index >= 15 is 0 Å². The van der Waals surface area contributed by atoms with Gasteiger partial charge < -0.3 is 20.5 Å². The monoisotopic (exact) mass is 252 g/mol. The zero-order chi connectivity index (χ0) is 13.2. The summed E-state index contributed by atoms with van der Waals surface area (Å²) in [7, 11) is 1.65. The van der Waals surface area contributed by atoms with Crippen LogP contribution in [0.25, 0.3) is 0 Å². The zero-order valence-corrected chi connectivity index (χ0v) is 10.6. The summed E-state index contributed by atoms with van der Waals surface area (Å²) >= 11 is 0. The normalized spacial score (nSPS) is 10.5. The van der Waals surface area contributed by atoms with Gasteiger partial charge in [-0.3, -0.25) is 4.79 Å². The van der Waals surface area contributed by atoms with Crippen LogP contribution in [0.2, 0.25) is 0 Å². The van der Waals surface area contributed by atoms with E-state index < -0.39 is 5.91 Å². The van der Waals surface area contributed by atoms with Crippen molar-refractivity contribution in [1.29, 1.82) is 0 Å². The van der Waals surface area contributed by atoms with E-state index in [4.69, 9.17) is 15.2 Å². The summed E-state index contributed by atoms with van der Waals surface area (Å²) in [4.78, 5) is 10.9. The molecule has 18 heavy (non-hydrogen) atoms. The van der Waals surface area contributed by atoms with Crippen LogP contribution in [0.3, 0.4) is 0 Å². The number of nitrogens with one attached hydrogen (secondary N) is 1. The highest BCUT2D eigenvalue weighted by atomic mass is 16.5. The van der Waals surface area contributed by atoms with E-state index in [2.05, 4.69) is 5.32 Å². The molecule has 100 valence electrons. The molecule has 0 heterocycles. The van der Waals surface area contributed by atoms with Crippen molar-refractivity contribution in [2.45, 2.75) is 6.54 Å². The van der Waals surface area contributed by atoms with Crippen LogP contribution in [0.15, 0.2) is 24.3 Å². The van der Waals surface area contributed by atoms with Crippen molar-refractivity contribution in [3.8, 4) is 0 Å². The Labute approximate surface area is 107 Å². The first-order chi connectivity index (χ1) is 8.74. The van der Waals surface area contributed by atoms with Gasteiger partial charge in [-0.2, -0.15) is 0 Å². The molecule has 5 nitrogen and oxygen atoms in total. The van der Waals surface area contributed by atoms with Crippen LogP contribution in [0.5, 0.6) is 0 Å². The van der Waals surface area contributed by atoms with Gasteiger partial charge in [-0.05, 0) is 17.7 Å². The molecule has 0 radical (unpaired) electrons. The van der Waals surface area contributed by atoms with Gasteiger partial charge in [-0.1, -0.05) is 12.1 Å². The fourth-order valence-corrected chi connectivity index (χ4v) is 1.41. The third kappa shape index (κ3) is 5.77. The van der Waals surface area contributed by atoms with Crippen molar-refractivity contribution in [3.05, 3.63) is 35.4 Å². The molecule has 1 aromatic rings. The third-order valence-corrected chi connectivity index (χ3v) is 2.42. The van der Waals surface area contributed by atoms with E-state index in [1.807, 2.05) is 12.1 Å². The summed E-state index contributed by atoms with van der Waals surface area (Å²) in [6.07, 6.45) is 0. The first-order valence-corrected chi connectivity index (χ1v) is 5.90. The lowest BCUT2D eigenvalue weighted by molar-refractivity contribution is 0.0719. The van der Waals surface area contributed by atoms with Gasteiger partial charge in [0, 0.05) is 25.8 Å². The molecule has 0 aliphatic carbocycles. The van der Waals surface area contributed by atoms with Gasteiger partial charge in [0.05, 0.1) is 19.8 Å². The number of hydrogen-bond acceptors (Lipinski definition) is 4. The molecule has 1 amide bonds. The number of primary amides is 1. The molecular formula is C13H20N2O3. The molecule has 1 rings (SSSR count). The third-order valence-electron chi connectivity index (χ3n) is 2.42. The van der Waals surface area contributed by atoms with E-state index in [9.17, 15) is 4.79 Å². The van der Waals surface area contributed by atoms with E-state index in [1.54, 1.807) is 19.2 Å². The fourth-order valence-electron chi connectivity index (χ4n) is 1.41. The van der Waals surface area contributed by atoms with Crippen molar-refractivity contribution in [1.82, 2.24) is 5.32 Å². The molecule has 5 heteroatoms. The Balaban J connectivity index is 2.14. The predicted molar refractivity (Wildman–Crippen MR) is 69.4 cm³/mol. The molecule has 0 saturated heterocycles. The van der Waals surface area contributed by atoms with Crippen molar-refractivity contribution in [2.24, 2.45) is 5.73 Å². The SMILES string of the molecule is COCCOCCNCc1ccc(C(N)=O)cc1. The van der Waals surface area contributed by atoms with E-state index in [0.29, 0.717) is 25.4 Å². The summed E-state index contributed by atoms with van der Waals surface area (Å²) in [6, 6.07) is 7.24. The minimum absolute atomic E-state index is 0.402. The Hall–Kier alpha value is -1.43. The maximum Gasteiger partial charge on any atom is 0.248 e. The highest BCUT2D eigenvalue weighted by Crippen LogP contribution is 2.03. The Kier molecular flexibility index (Phi) is 7.01. The summed E-state index contributed by atoms with van der Waals surface area (Å²) in [5.41, 5.74) is 6.80. The summed E-state index contributed by atoms with van der Waals surface area (Å²) < 4.78 is 10.2. The van der Waals surface area contributed by atoms with Crippen LogP contribution in [0, 0.1) is 0 Å². The van der Waals surface area contributed by atoms with Crippen LogP contribution in [-0.2, 0) is 16.0 Å². The topological polar surface area (TPSA) is 73.6 Å². The van der Waals surface area contributed by atoms with Crippen molar-refractivity contribution >= 4 is 5.91 Å². The van der Waals surface area contributed by atoms with Gasteiger partial charge in [0.1, 0.15) is 0 Å². The largest absolute Gasteiger partial charge is 0.382 e.